The van der Waals surface area contributed by atoms with Gasteiger partial charge in [-0.15, -0.1) is 0 Å². The number of hydrogen-bond donors (Lipinski definition) is 0. The summed E-state index contributed by atoms with van der Waals surface area (Å²) >= 11 is 0. The molecule has 0 aliphatic rings. The molecule has 112 valence electrons. The SMILES string of the molecule is F/C(=C(/c1nc(F)nc(F)c1F)C(F)(F)F)C(F)(F)F. The largest absolute Gasteiger partial charge is 0.443 e. The van der Waals surface area contributed by atoms with Gasteiger partial charge in [-0.25, -0.2) is 4.39 Å². The normalized spacial score (nSPS) is 14.3. The smallest absolute Gasteiger partial charge is 0.201 e. The van der Waals surface area contributed by atoms with Crippen molar-refractivity contribution >= 4 is 5.57 Å². The van der Waals surface area contributed by atoms with E-state index >= 15 is 0 Å². The standard InChI is InChI=1S/C8F10N2/c9-2-3(19-6(12)20-5(2)11)1(7(13,14)15)4(10)8(16,17)18/b4-1-. The topological polar surface area (TPSA) is 25.8 Å². The third-order valence-corrected chi connectivity index (χ3v) is 1.77. The van der Waals surface area contributed by atoms with Crippen LogP contribution in [0, 0.1) is 17.8 Å². The minimum absolute atomic E-state index is 2.01. The Bertz CT molecular complexity index is 556. The van der Waals surface area contributed by atoms with Crippen LogP contribution in [0.1, 0.15) is 5.69 Å². The number of halogens is 10. The van der Waals surface area contributed by atoms with Crippen LogP contribution >= 0.6 is 0 Å². The molecule has 20 heavy (non-hydrogen) atoms. The van der Waals surface area contributed by atoms with Gasteiger partial charge in [-0.1, -0.05) is 0 Å². The molecule has 0 N–H and O–H groups in total. The van der Waals surface area contributed by atoms with E-state index in [1.165, 1.54) is 0 Å². The molecule has 2 nitrogen and oxygen atoms in total. The van der Waals surface area contributed by atoms with Crippen molar-refractivity contribution in [3.05, 3.63) is 29.4 Å². The maximum atomic E-state index is 13.0. The summed E-state index contributed by atoms with van der Waals surface area (Å²) in [6.07, 6.45) is -14.6. The first-order valence-electron chi connectivity index (χ1n) is 4.28. The number of rotatable bonds is 1. The molecule has 0 unspecified atom stereocenters. The van der Waals surface area contributed by atoms with Crippen LogP contribution in [0.25, 0.3) is 5.57 Å². The summed E-state index contributed by atoms with van der Waals surface area (Å²) in [6, 6.07) is 0. The zero-order valence-electron chi connectivity index (χ0n) is 8.67. The van der Waals surface area contributed by atoms with Gasteiger partial charge < -0.3 is 0 Å². The van der Waals surface area contributed by atoms with Crippen molar-refractivity contribution in [3.8, 4) is 0 Å². The quantitative estimate of drug-likeness (QED) is 0.449. The fourth-order valence-electron chi connectivity index (χ4n) is 1.06. The van der Waals surface area contributed by atoms with E-state index in [4.69, 9.17) is 0 Å². The molecule has 0 saturated carbocycles. The molecular weight excluding hydrogens is 314 g/mol. The Morgan fingerprint density at radius 2 is 1.30 bits per heavy atom. The molecule has 1 aromatic heterocycles. The molecule has 0 radical (unpaired) electrons. The van der Waals surface area contributed by atoms with Crippen molar-refractivity contribution in [3.63, 3.8) is 0 Å². The summed E-state index contributed by atoms with van der Waals surface area (Å²) in [5, 5.41) is 0. The van der Waals surface area contributed by atoms with Gasteiger partial charge in [-0.05, 0) is 0 Å². The van der Waals surface area contributed by atoms with E-state index in [0.717, 1.165) is 0 Å². The van der Waals surface area contributed by atoms with Crippen LogP contribution in [0.4, 0.5) is 43.9 Å². The van der Waals surface area contributed by atoms with Crippen LogP contribution in [0.2, 0.25) is 0 Å². The predicted molar refractivity (Wildman–Crippen MR) is 42.0 cm³/mol. The first-order chi connectivity index (χ1) is 8.85. The van der Waals surface area contributed by atoms with Crippen LogP contribution in [0.3, 0.4) is 0 Å². The molecule has 0 fully saturated rings. The van der Waals surface area contributed by atoms with E-state index in [0.29, 0.717) is 0 Å². The zero-order valence-corrected chi connectivity index (χ0v) is 8.67. The van der Waals surface area contributed by atoms with Gasteiger partial charge >= 0.3 is 18.4 Å². The first kappa shape index (κ1) is 16.2. The lowest BCUT2D eigenvalue weighted by Gasteiger charge is -2.14. The molecule has 0 bridgehead atoms. The Labute approximate surface area is 102 Å². The molecule has 1 aromatic rings. The molecule has 1 rings (SSSR count). The van der Waals surface area contributed by atoms with Gasteiger partial charge in [-0.2, -0.15) is 49.5 Å². The minimum atomic E-state index is -6.16. The lowest BCUT2D eigenvalue weighted by atomic mass is 10.1. The van der Waals surface area contributed by atoms with E-state index < -0.39 is 47.3 Å². The summed E-state index contributed by atoms with van der Waals surface area (Å²) in [4.78, 5) is 4.03. The average molecular weight is 314 g/mol. The van der Waals surface area contributed by atoms with Gasteiger partial charge in [0.05, 0.1) is 0 Å². The van der Waals surface area contributed by atoms with Crippen molar-refractivity contribution < 1.29 is 43.9 Å². The van der Waals surface area contributed by atoms with Crippen molar-refractivity contribution in [2.24, 2.45) is 0 Å². The van der Waals surface area contributed by atoms with Crippen molar-refractivity contribution in [1.29, 1.82) is 0 Å². The predicted octanol–water partition coefficient (Wildman–Crippen LogP) is 3.70. The van der Waals surface area contributed by atoms with E-state index in [1.807, 2.05) is 9.97 Å². The van der Waals surface area contributed by atoms with Crippen molar-refractivity contribution in [2.45, 2.75) is 12.4 Å². The molecule has 1 heterocycles. The van der Waals surface area contributed by atoms with Crippen molar-refractivity contribution in [2.75, 3.05) is 0 Å². The van der Waals surface area contributed by atoms with Crippen molar-refractivity contribution in [1.82, 2.24) is 9.97 Å². The van der Waals surface area contributed by atoms with Crippen LogP contribution in [0.15, 0.2) is 5.83 Å². The molecule has 0 amide bonds. The van der Waals surface area contributed by atoms with Gasteiger partial charge in [0.1, 0.15) is 11.3 Å². The maximum absolute atomic E-state index is 13.0. The number of hydrogen-bond acceptors (Lipinski definition) is 2. The van der Waals surface area contributed by atoms with Crippen LogP contribution in [0.5, 0.6) is 0 Å². The fraction of sp³-hybridized carbons (Fsp3) is 0.250. The third-order valence-electron chi connectivity index (χ3n) is 1.77. The van der Waals surface area contributed by atoms with E-state index in [-0.39, 0.29) is 0 Å². The molecule has 0 aromatic carbocycles. The second kappa shape index (κ2) is 4.90. The minimum Gasteiger partial charge on any atom is -0.201 e. The summed E-state index contributed by atoms with van der Waals surface area (Å²) < 4.78 is 124. The Balaban J connectivity index is 3.75. The highest BCUT2D eigenvalue weighted by Gasteiger charge is 2.49. The van der Waals surface area contributed by atoms with E-state index in [2.05, 4.69) is 0 Å². The summed E-state index contributed by atoms with van der Waals surface area (Å²) in [5.74, 6) is -8.95. The number of alkyl halides is 6. The average Bonchev–Trinajstić information content (AvgIpc) is 2.21. The lowest BCUT2D eigenvalue weighted by molar-refractivity contribution is -0.116. The Morgan fingerprint density at radius 3 is 1.70 bits per heavy atom. The number of aromatic nitrogens is 2. The second-order valence-electron chi connectivity index (χ2n) is 3.13. The molecule has 0 spiro atoms. The Hall–Kier alpha value is -1.88. The number of nitrogens with zero attached hydrogens (tertiary/aromatic N) is 2. The van der Waals surface area contributed by atoms with E-state index in [9.17, 15) is 43.9 Å². The number of allylic oxidation sites excluding steroid dienone is 2. The van der Waals surface area contributed by atoms with Crippen LogP contribution < -0.4 is 0 Å². The van der Waals surface area contributed by atoms with Crippen LogP contribution in [-0.4, -0.2) is 22.3 Å². The lowest BCUT2D eigenvalue weighted by Crippen LogP contribution is -2.22. The molecule has 0 aliphatic carbocycles. The highest BCUT2D eigenvalue weighted by molar-refractivity contribution is 5.69. The van der Waals surface area contributed by atoms with Gasteiger partial charge in [-0.3, -0.25) is 0 Å². The molecule has 0 aliphatic heterocycles. The monoisotopic (exact) mass is 314 g/mol. The summed E-state index contributed by atoms with van der Waals surface area (Å²) in [5.41, 5.74) is -5.81. The van der Waals surface area contributed by atoms with Gasteiger partial charge in [0.25, 0.3) is 5.95 Å². The summed E-state index contributed by atoms with van der Waals surface area (Å²) in [7, 11) is 0. The Kier molecular flexibility index (Phi) is 3.97. The summed E-state index contributed by atoms with van der Waals surface area (Å²) in [6.45, 7) is 0. The Morgan fingerprint density at radius 1 is 0.800 bits per heavy atom. The molecule has 12 heteroatoms. The highest BCUT2D eigenvalue weighted by atomic mass is 19.4. The van der Waals surface area contributed by atoms with Gasteiger partial charge in [0.2, 0.25) is 11.6 Å². The van der Waals surface area contributed by atoms with Crippen LogP contribution in [-0.2, 0) is 0 Å². The fourth-order valence-corrected chi connectivity index (χ4v) is 1.06. The van der Waals surface area contributed by atoms with Gasteiger partial charge in [0, 0.05) is 0 Å². The second-order valence-corrected chi connectivity index (χ2v) is 3.13. The molecular formula is C8F10N2. The first-order valence-corrected chi connectivity index (χ1v) is 4.28. The maximum Gasteiger partial charge on any atom is 0.443 e. The molecule has 0 saturated heterocycles. The van der Waals surface area contributed by atoms with Gasteiger partial charge in [0.15, 0.2) is 0 Å². The zero-order chi connectivity index (χ0) is 15.9. The van der Waals surface area contributed by atoms with E-state index in [1.54, 1.807) is 0 Å². The molecule has 0 atom stereocenters. The highest BCUT2D eigenvalue weighted by Crippen LogP contribution is 2.42. The third kappa shape index (κ3) is 3.17.